The maximum absolute atomic E-state index is 10.9. The molecule has 0 aromatic carbocycles. The average Bonchev–Trinajstić information content (AvgIpc) is 3.51. The standard InChI is InChI=1S/C21H12OS5/c22-12-13-3-4-16(24-13)17-7-8-20(26-17)21-10-9-19(27-21)18-6-5-15(25-18)14-2-1-11-23-14/h1-12H. The van der Waals surface area contributed by atoms with Gasteiger partial charge in [0, 0.05) is 39.0 Å². The molecule has 0 amide bonds. The molecule has 5 aromatic rings. The second kappa shape index (κ2) is 7.30. The van der Waals surface area contributed by atoms with E-state index in [-0.39, 0.29) is 0 Å². The molecule has 0 aliphatic heterocycles. The summed E-state index contributed by atoms with van der Waals surface area (Å²) in [5.41, 5.74) is 0. The Morgan fingerprint density at radius 2 is 0.963 bits per heavy atom. The molecule has 1 nitrogen and oxygen atoms in total. The van der Waals surface area contributed by atoms with Crippen molar-refractivity contribution < 1.29 is 4.79 Å². The van der Waals surface area contributed by atoms with Gasteiger partial charge in [0.2, 0.25) is 0 Å². The molecule has 0 spiro atoms. The van der Waals surface area contributed by atoms with Gasteiger partial charge in [-0.25, -0.2) is 0 Å². The van der Waals surface area contributed by atoms with Crippen LogP contribution in [0.5, 0.6) is 0 Å². The molecule has 5 heterocycles. The van der Waals surface area contributed by atoms with Gasteiger partial charge in [0.1, 0.15) is 0 Å². The second-order valence-electron chi connectivity index (χ2n) is 5.79. The molecule has 6 heteroatoms. The summed E-state index contributed by atoms with van der Waals surface area (Å²) in [5.74, 6) is 0. The highest BCUT2D eigenvalue weighted by molar-refractivity contribution is 7.29. The number of carbonyl (C=O) groups is 1. The van der Waals surface area contributed by atoms with Gasteiger partial charge in [0.05, 0.1) is 4.88 Å². The van der Waals surface area contributed by atoms with E-state index in [1.54, 1.807) is 34.0 Å². The quantitative estimate of drug-likeness (QED) is 0.250. The fourth-order valence-corrected chi connectivity index (χ4v) is 7.72. The maximum Gasteiger partial charge on any atom is 0.160 e. The van der Waals surface area contributed by atoms with E-state index in [9.17, 15) is 4.79 Å². The summed E-state index contributed by atoms with van der Waals surface area (Å²) in [6.45, 7) is 0. The molecule has 0 aliphatic carbocycles. The van der Waals surface area contributed by atoms with Crippen LogP contribution in [0.25, 0.3) is 39.0 Å². The molecule has 27 heavy (non-hydrogen) atoms. The average molecular weight is 441 g/mol. The topological polar surface area (TPSA) is 17.1 Å². The predicted octanol–water partition coefficient (Wildman–Crippen LogP) is 8.47. The van der Waals surface area contributed by atoms with E-state index in [4.69, 9.17) is 0 Å². The minimum Gasteiger partial charge on any atom is -0.297 e. The van der Waals surface area contributed by atoms with Gasteiger partial charge in [0.15, 0.2) is 6.29 Å². The first-order valence-corrected chi connectivity index (χ1v) is 12.3. The van der Waals surface area contributed by atoms with Crippen molar-refractivity contribution in [3.63, 3.8) is 0 Å². The van der Waals surface area contributed by atoms with Crippen LogP contribution < -0.4 is 0 Å². The number of carbonyl (C=O) groups excluding carboxylic acids is 1. The molecule has 0 aliphatic rings. The largest absolute Gasteiger partial charge is 0.297 e. The lowest BCUT2D eigenvalue weighted by molar-refractivity contribution is 0.112. The third-order valence-electron chi connectivity index (χ3n) is 4.05. The van der Waals surface area contributed by atoms with Crippen LogP contribution in [-0.2, 0) is 0 Å². The van der Waals surface area contributed by atoms with Crippen LogP contribution in [0.1, 0.15) is 9.67 Å². The molecular weight excluding hydrogens is 429 g/mol. The number of thiophene rings is 5. The van der Waals surface area contributed by atoms with E-state index in [0.29, 0.717) is 0 Å². The first-order chi connectivity index (χ1) is 13.3. The Hall–Kier alpha value is -1.83. The van der Waals surface area contributed by atoms with E-state index in [2.05, 4.69) is 53.9 Å². The highest BCUT2D eigenvalue weighted by atomic mass is 32.1. The van der Waals surface area contributed by atoms with Crippen LogP contribution in [0.15, 0.2) is 66.0 Å². The monoisotopic (exact) mass is 440 g/mol. The lowest BCUT2D eigenvalue weighted by Crippen LogP contribution is -1.62. The Kier molecular flexibility index (Phi) is 4.67. The van der Waals surface area contributed by atoms with Crippen LogP contribution >= 0.6 is 56.7 Å². The van der Waals surface area contributed by atoms with Crippen molar-refractivity contribution in [2.45, 2.75) is 0 Å². The molecular formula is C21H12OS5. The minimum absolute atomic E-state index is 0.776. The molecule has 0 atom stereocenters. The van der Waals surface area contributed by atoms with Crippen molar-refractivity contribution in [2.75, 3.05) is 0 Å². The summed E-state index contributed by atoms with van der Waals surface area (Å²) in [7, 11) is 0. The van der Waals surface area contributed by atoms with E-state index < -0.39 is 0 Å². The Bertz CT molecular complexity index is 1200. The van der Waals surface area contributed by atoms with Gasteiger partial charge < -0.3 is 0 Å². The van der Waals surface area contributed by atoms with E-state index in [1.165, 1.54) is 34.1 Å². The van der Waals surface area contributed by atoms with Gasteiger partial charge in [-0.15, -0.1) is 56.7 Å². The van der Waals surface area contributed by atoms with Crippen molar-refractivity contribution >= 4 is 63.0 Å². The summed E-state index contributed by atoms with van der Waals surface area (Å²) in [6, 6.07) is 21.4. The third-order valence-corrected chi connectivity index (χ3v) is 9.97. The van der Waals surface area contributed by atoms with Gasteiger partial charge in [-0.1, -0.05) is 6.07 Å². The van der Waals surface area contributed by atoms with Crippen LogP contribution in [0.4, 0.5) is 0 Å². The number of rotatable bonds is 5. The van der Waals surface area contributed by atoms with Gasteiger partial charge in [-0.3, -0.25) is 4.79 Å². The molecule has 0 fully saturated rings. The lowest BCUT2D eigenvalue weighted by Gasteiger charge is -1.92. The number of hydrogen-bond donors (Lipinski definition) is 0. The fourth-order valence-electron chi connectivity index (χ4n) is 2.78. The van der Waals surface area contributed by atoms with Crippen LogP contribution in [0.3, 0.4) is 0 Å². The van der Waals surface area contributed by atoms with Gasteiger partial charge >= 0.3 is 0 Å². The zero-order valence-corrected chi connectivity index (χ0v) is 18.0. The molecule has 0 bridgehead atoms. The highest BCUT2D eigenvalue weighted by Gasteiger charge is 2.12. The summed E-state index contributed by atoms with van der Waals surface area (Å²) in [6.07, 6.45) is 0.916. The minimum atomic E-state index is 0.776. The van der Waals surface area contributed by atoms with Gasteiger partial charge in [-0.2, -0.15) is 0 Å². The Morgan fingerprint density at radius 3 is 1.37 bits per heavy atom. The molecule has 0 saturated heterocycles. The van der Waals surface area contributed by atoms with Crippen molar-refractivity contribution in [3.8, 4) is 39.0 Å². The smallest absolute Gasteiger partial charge is 0.160 e. The normalized spacial score (nSPS) is 11.1. The molecule has 5 rings (SSSR count). The SMILES string of the molecule is O=Cc1ccc(-c2ccc(-c3ccc(-c4ccc(-c5cccs5)s4)s3)s2)s1. The summed E-state index contributed by atoms with van der Waals surface area (Å²) in [4.78, 5) is 21.9. The van der Waals surface area contributed by atoms with E-state index in [0.717, 1.165) is 16.0 Å². The predicted molar refractivity (Wildman–Crippen MR) is 123 cm³/mol. The molecule has 132 valence electrons. The summed E-state index contributed by atoms with van der Waals surface area (Å²) >= 11 is 8.81. The van der Waals surface area contributed by atoms with Crippen molar-refractivity contribution in [2.24, 2.45) is 0 Å². The van der Waals surface area contributed by atoms with Crippen LogP contribution in [-0.4, -0.2) is 6.29 Å². The van der Waals surface area contributed by atoms with Gasteiger partial charge in [0.25, 0.3) is 0 Å². The first-order valence-electron chi connectivity index (χ1n) is 8.20. The maximum atomic E-state index is 10.9. The molecule has 0 unspecified atom stereocenters. The molecule has 0 saturated carbocycles. The number of aldehydes is 1. The number of hydrogen-bond acceptors (Lipinski definition) is 6. The van der Waals surface area contributed by atoms with Crippen LogP contribution in [0, 0.1) is 0 Å². The van der Waals surface area contributed by atoms with Crippen molar-refractivity contribution in [1.82, 2.24) is 0 Å². The third kappa shape index (κ3) is 3.39. The van der Waals surface area contributed by atoms with Crippen molar-refractivity contribution in [3.05, 3.63) is 70.9 Å². The zero-order chi connectivity index (χ0) is 18.2. The molecule has 0 N–H and O–H groups in total. The lowest BCUT2D eigenvalue weighted by atomic mass is 10.3. The Labute approximate surface area is 176 Å². The second-order valence-corrected chi connectivity index (χ2v) is 11.1. The summed E-state index contributed by atoms with van der Waals surface area (Å²) < 4.78 is 0. The van der Waals surface area contributed by atoms with Crippen LogP contribution in [0.2, 0.25) is 0 Å². The van der Waals surface area contributed by atoms with E-state index in [1.807, 2.05) is 34.8 Å². The fraction of sp³-hybridized carbons (Fsp3) is 0. The molecule has 0 radical (unpaired) electrons. The van der Waals surface area contributed by atoms with Crippen molar-refractivity contribution in [1.29, 1.82) is 0 Å². The van der Waals surface area contributed by atoms with E-state index >= 15 is 0 Å². The summed E-state index contributed by atoms with van der Waals surface area (Å²) in [5, 5.41) is 2.12. The Morgan fingerprint density at radius 1 is 0.519 bits per heavy atom. The molecule has 5 aromatic heterocycles. The highest BCUT2D eigenvalue weighted by Crippen LogP contribution is 2.44. The Balaban J connectivity index is 1.42. The first kappa shape index (κ1) is 17.3. The zero-order valence-electron chi connectivity index (χ0n) is 13.9. The van der Waals surface area contributed by atoms with Gasteiger partial charge in [-0.05, 0) is 60.0 Å².